The number of fused-ring (bicyclic) bond motifs is 1. The maximum Gasteiger partial charge on any atom is 0.178 e. The number of hydrogen-bond acceptors (Lipinski definition) is 4. The predicted octanol–water partition coefficient (Wildman–Crippen LogP) is 2.60. The zero-order valence-electron chi connectivity index (χ0n) is 9.42. The van der Waals surface area contributed by atoms with Gasteiger partial charge in [0.15, 0.2) is 11.5 Å². The first-order chi connectivity index (χ1) is 8.29. The van der Waals surface area contributed by atoms with Crippen LogP contribution in [-0.4, -0.2) is 14.6 Å². The van der Waals surface area contributed by atoms with Crippen molar-refractivity contribution in [2.75, 3.05) is 5.73 Å². The second-order valence-electron chi connectivity index (χ2n) is 3.84. The van der Waals surface area contributed by atoms with Gasteiger partial charge in [-0.05, 0) is 35.6 Å². The van der Waals surface area contributed by atoms with Gasteiger partial charge in [0.25, 0.3) is 0 Å². The Morgan fingerprint density at radius 1 is 1.29 bits per heavy atom. The van der Waals surface area contributed by atoms with Crippen molar-refractivity contribution in [3.63, 3.8) is 0 Å². The molecule has 0 aliphatic heterocycles. The number of hydrogen-bond donors (Lipinski definition) is 1. The summed E-state index contributed by atoms with van der Waals surface area (Å²) in [6.07, 6.45) is 2.86. The second kappa shape index (κ2) is 3.85. The first-order valence-electron chi connectivity index (χ1n) is 5.46. The van der Waals surface area contributed by atoms with E-state index in [0.717, 1.165) is 17.9 Å². The number of nitrogens with zero attached hydrogens (tertiary/aromatic N) is 3. The monoisotopic (exact) mass is 244 g/mol. The number of anilines is 1. The molecular weight excluding hydrogens is 232 g/mol. The molecule has 4 nitrogen and oxygen atoms in total. The zero-order chi connectivity index (χ0) is 11.8. The Morgan fingerprint density at radius 3 is 3.00 bits per heavy atom. The third-order valence-corrected chi connectivity index (χ3v) is 3.71. The Kier molecular flexibility index (Phi) is 2.33. The number of thiophene rings is 1. The van der Waals surface area contributed by atoms with E-state index in [9.17, 15) is 0 Å². The van der Waals surface area contributed by atoms with E-state index in [2.05, 4.69) is 28.6 Å². The Labute approximate surface area is 103 Å². The molecule has 0 fully saturated rings. The van der Waals surface area contributed by atoms with Crippen molar-refractivity contribution >= 4 is 22.7 Å². The van der Waals surface area contributed by atoms with Crippen molar-refractivity contribution in [3.05, 3.63) is 35.3 Å². The predicted molar refractivity (Wildman–Crippen MR) is 70.1 cm³/mol. The molecule has 0 atom stereocenters. The second-order valence-corrected chi connectivity index (χ2v) is 4.76. The summed E-state index contributed by atoms with van der Waals surface area (Å²) in [6.45, 7) is 2.14. The first kappa shape index (κ1) is 10.3. The molecule has 17 heavy (non-hydrogen) atoms. The summed E-state index contributed by atoms with van der Waals surface area (Å²) < 4.78 is 1.94. The number of nitrogens with two attached hydrogens (primary N) is 1. The van der Waals surface area contributed by atoms with Gasteiger partial charge in [-0.25, -0.2) is 0 Å². The zero-order valence-corrected chi connectivity index (χ0v) is 10.2. The minimum Gasteiger partial charge on any atom is -0.398 e. The molecule has 3 aromatic rings. The summed E-state index contributed by atoms with van der Waals surface area (Å²) in [6, 6.07) is 5.85. The summed E-state index contributed by atoms with van der Waals surface area (Å²) in [5.41, 5.74) is 8.64. The molecule has 86 valence electrons. The van der Waals surface area contributed by atoms with Crippen molar-refractivity contribution < 1.29 is 0 Å². The standard InChI is InChI=1S/C12H12N4S/c1-2-8-5-6-17-11(8)12-15-14-10-4-3-9(13)7-16(10)12/h3-7H,2,13H2,1H3. The minimum atomic E-state index is 0.716. The normalized spacial score (nSPS) is 11.1. The Bertz CT molecular complexity index is 668. The Balaban J connectivity index is 2.27. The third kappa shape index (κ3) is 1.59. The van der Waals surface area contributed by atoms with Crippen LogP contribution in [0.3, 0.4) is 0 Å². The van der Waals surface area contributed by atoms with Crippen LogP contribution in [0.1, 0.15) is 12.5 Å². The van der Waals surface area contributed by atoms with E-state index in [1.54, 1.807) is 11.3 Å². The molecule has 0 aliphatic rings. The molecule has 0 radical (unpaired) electrons. The molecule has 3 rings (SSSR count). The average molecular weight is 244 g/mol. The fourth-order valence-electron chi connectivity index (χ4n) is 1.87. The van der Waals surface area contributed by atoms with E-state index in [-0.39, 0.29) is 0 Å². The summed E-state index contributed by atoms with van der Waals surface area (Å²) in [7, 11) is 0. The van der Waals surface area contributed by atoms with Crippen LogP contribution < -0.4 is 5.73 Å². The smallest absolute Gasteiger partial charge is 0.178 e. The molecular formula is C12H12N4S. The van der Waals surface area contributed by atoms with Gasteiger partial charge in [-0.15, -0.1) is 21.5 Å². The SMILES string of the molecule is CCc1ccsc1-c1nnc2ccc(N)cn12. The number of rotatable bonds is 2. The lowest BCUT2D eigenvalue weighted by Crippen LogP contribution is -1.93. The van der Waals surface area contributed by atoms with Crippen molar-refractivity contribution in [2.24, 2.45) is 0 Å². The van der Waals surface area contributed by atoms with Gasteiger partial charge in [-0.2, -0.15) is 0 Å². The maximum atomic E-state index is 5.80. The van der Waals surface area contributed by atoms with E-state index in [1.165, 1.54) is 10.4 Å². The molecule has 0 aromatic carbocycles. The van der Waals surface area contributed by atoms with Gasteiger partial charge in [-0.3, -0.25) is 4.40 Å². The average Bonchev–Trinajstić information content (AvgIpc) is 2.93. The van der Waals surface area contributed by atoms with E-state index >= 15 is 0 Å². The lowest BCUT2D eigenvalue weighted by atomic mass is 10.2. The molecule has 3 heterocycles. The van der Waals surface area contributed by atoms with Crippen LogP contribution in [0, 0.1) is 0 Å². The molecule has 0 spiro atoms. The van der Waals surface area contributed by atoms with Crippen LogP contribution in [0.2, 0.25) is 0 Å². The Morgan fingerprint density at radius 2 is 2.18 bits per heavy atom. The molecule has 0 amide bonds. The third-order valence-electron chi connectivity index (χ3n) is 2.76. The summed E-state index contributed by atoms with van der Waals surface area (Å²) in [5, 5.41) is 10.5. The van der Waals surface area contributed by atoms with Crippen molar-refractivity contribution in [1.82, 2.24) is 14.6 Å². The lowest BCUT2D eigenvalue weighted by molar-refractivity contribution is 1.09. The van der Waals surface area contributed by atoms with Crippen LogP contribution in [0.4, 0.5) is 5.69 Å². The minimum absolute atomic E-state index is 0.716. The fourth-order valence-corrected chi connectivity index (χ4v) is 2.85. The summed E-state index contributed by atoms with van der Waals surface area (Å²) in [4.78, 5) is 1.17. The summed E-state index contributed by atoms with van der Waals surface area (Å²) in [5.74, 6) is 0.874. The number of aryl methyl sites for hydroxylation is 1. The molecule has 0 bridgehead atoms. The topological polar surface area (TPSA) is 56.2 Å². The van der Waals surface area contributed by atoms with Gasteiger partial charge >= 0.3 is 0 Å². The fraction of sp³-hybridized carbons (Fsp3) is 0.167. The van der Waals surface area contributed by atoms with Crippen molar-refractivity contribution in [3.8, 4) is 10.7 Å². The molecule has 0 saturated heterocycles. The van der Waals surface area contributed by atoms with Gasteiger partial charge in [0.2, 0.25) is 0 Å². The highest BCUT2D eigenvalue weighted by Crippen LogP contribution is 2.29. The molecule has 0 saturated carbocycles. The lowest BCUT2D eigenvalue weighted by Gasteiger charge is -2.01. The van der Waals surface area contributed by atoms with Crippen molar-refractivity contribution in [1.29, 1.82) is 0 Å². The van der Waals surface area contributed by atoms with Gasteiger partial charge in [0, 0.05) is 11.9 Å². The molecule has 3 aromatic heterocycles. The van der Waals surface area contributed by atoms with Crippen LogP contribution in [0.15, 0.2) is 29.8 Å². The number of pyridine rings is 1. The summed E-state index contributed by atoms with van der Waals surface area (Å²) >= 11 is 1.69. The highest BCUT2D eigenvalue weighted by Gasteiger charge is 2.12. The largest absolute Gasteiger partial charge is 0.398 e. The molecule has 5 heteroatoms. The number of nitrogen functional groups attached to an aromatic ring is 1. The van der Waals surface area contributed by atoms with Gasteiger partial charge in [0.05, 0.1) is 4.88 Å². The van der Waals surface area contributed by atoms with Gasteiger partial charge < -0.3 is 5.73 Å². The van der Waals surface area contributed by atoms with E-state index in [0.29, 0.717) is 5.69 Å². The van der Waals surface area contributed by atoms with E-state index in [1.807, 2.05) is 22.7 Å². The first-order valence-corrected chi connectivity index (χ1v) is 6.34. The van der Waals surface area contributed by atoms with E-state index in [4.69, 9.17) is 5.73 Å². The van der Waals surface area contributed by atoms with E-state index < -0.39 is 0 Å². The number of aromatic nitrogens is 3. The van der Waals surface area contributed by atoms with Crippen LogP contribution in [-0.2, 0) is 6.42 Å². The highest BCUT2D eigenvalue weighted by atomic mass is 32.1. The molecule has 2 N–H and O–H groups in total. The van der Waals surface area contributed by atoms with Crippen LogP contribution in [0.25, 0.3) is 16.3 Å². The van der Waals surface area contributed by atoms with Gasteiger partial charge in [-0.1, -0.05) is 6.92 Å². The highest BCUT2D eigenvalue weighted by molar-refractivity contribution is 7.13. The quantitative estimate of drug-likeness (QED) is 0.754. The van der Waals surface area contributed by atoms with Crippen molar-refractivity contribution in [2.45, 2.75) is 13.3 Å². The molecule has 0 unspecified atom stereocenters. The maximum absolute atomic E-state index is 5.80. The van der Waals surface area contributed by atoms with Crippen LogP contribution >= 0.6 is 11.3 Å². The van der Waals surface area contributed by atoms with Gasteiger partial charge in [0.1, 0.15) is 0 Å². The van der Waals surface area contributed by atoms with Crippen LogP contribution in [0.5, 0.6) is 0 Å². The Hall–Kier alpha value is -1.88. The molecule has 0 aliphatic carbocycles.